The van der Waals surface area contributed by atoms with E-state index < -0.39 is 0 Å². The molecule has 0 bridgehead atoms. The lowest BCUT2D eigenvalue weighted by Crippen LogP contribution is -2.17. The van der Waals surface area contributed by atoms with Gasteiger partial charge in [0.25, 0.3) is 0 Å². The molecule has 0 aromatic rings. The predicted octanol–water partition coefficient (Wildman–Crippen LogP) is 1.63. The Balaban J connectivity index is 3.91. The van der Waals surface area contributed by atoms with Gasteiger partial charge in [0.2, 0.25) is 0 Å². The fraction of sp³-hybridized carbons (Fsp3) is 0.875. The summed E-state index contributed by atoms with van der Waals surface area (Å²) >= 11 is 0. The van der Waals surface area contributed by atoms with Crippen molar-refractivity contribution in [3.05, 3.63) is 0 Å². The van der Waals surface area contributed by atoms with Gasteiger partial charge in [0.15, 0.2) is 0 Å². The van der Waals surface area contributed by atoms with Crippen LogP contribution in [0.3, 0.4) is 0 Å². The van der Waals surface area contributed by atoms with Crippen molar-refractivity contribution in [2.45, 2.75) is 46.3 Å². The van der Waals surface area contributed by atoms with E-state index in [-0.39, 0.29) is 6.10 Å². The van der Waals surface area contributed by atoms with Crippen molar-refractivity contribution in [2.24, 2.45) is 4.99 Å². The summed E-state index contributed by atoms with van der Waals surface area (Å²) in [6, 6.07) is 0.293. The molecular formula is C8H17NO. The molecule has 0 amide bonds. The summed E-state index contributed by atoms with van der Waals surface area (Å²) < 4.78 is 0. The van der Waals surface area contributed by atoms with Crippen LogP contribution < -0.4 is 0 Å². The first-order chi connectivity index (χ1) is 4.57. The third kappa shape index (κ3) is 3.62. The number of hydrogen-bond donors (Lipinski definition) is 1. The third-order valence-corrected chi connectivity index (χ3v) is 1.33. The summed E-state index contributed by atoms with van der Waals surface area (Å²) in [4.78, 5) is 4.21. The summed E-state index contributed by atoms with van der Waals surface area (Å²) in [5.74, 6) is 0. The lowest BCUT2D eigenvalue weighted by molar-refractivity contribution is 0.236. The first kappa shape index (κ1) is 9.63. The van der Waals surface area contributed by atoms with E-state index in [0.717, 1.165) is 12.1 Å². The van der Waals surface area contributed by atoms with Gasteiger partial charge in [-0.2, -0.15) is 0 Å². The van der Waals surface area contributed by atoms with E-state index in [9.17, 15) is 5.11 Å². The molecule has 1 N–H and O–H groups in total. The van der Waals surface area contributed by atoms with Gasteiger partial charge in [-0.1, -0.05) is 6.92 Å². The van der Waals surface area contributed by atoms with Crippen LogP contribution in [0, 0.1) is 0 Å². The molecule has 0 fully saturated rings. The Morgan fingerprint density at radius 2 is 2.00 bits per heavy atom. The van der Waals surface area contributed by atoms with Gasteiger partial charge in [-0.3, -0.25) is 4.99 Å². The zero-order chi connectivity index (χ0) is 8.15. The number of nitrogens with zero attached hydrogens (tertiary/aromatic N) is 1. The van der Waals surface area contributed by atoms with E-state index in [1.807, 2.05) is 27.7 Å². The molecule has 0 aliphatic heterocycles. The average Bonchev–Trinajstić information content (AvgIpc) is 1.85. The molecular weight excluding hydrogens is 126 g/mol. The van der Waals surface area contributed by atoms with Crippen molar-refractivity contribution in [3.63, 3.8) is 0 Å². The largest absolute Gasteiger partial charge is 0.387 e. The maximum Gasteiger partial charge on any atom is 0.0911 e. The lowest BCUT2D eigenvalue weighted by atomic mass is 10.2. The van der Waals surface area contributed by atoms with Crippen molar-refractivity contribution in [1.29, 1.82) is 0 Å². The molecule has 0 aliphatic rings. The summed E-state index contributed by atoms with van der Waals surface area (Å²) in [7, 11) is 0. The SMILES string of the molecule is CCC(O)C(C)=NC(C)C. The molecule has 0 spiro atoms. The predicted molar refractivity (Wildman–Crippen MR) is 44.5 cm³/mol. The zero-order valence-electron chi connectivity index (χ0n) is 7.26. The summed E-state index contributed by atoms with van der Waals surface area (Å²) in [6.45, 7) is 7.83. The van der Waals surface area contributed by atoms with Crippen LogP contribution in [0.25, 0.3) is 0 Å². The van der Waals surface area contributed by atoms with Crippen molar-refractivity contribution < 1.29 is 5.11 Å². The maximum absolute atomic E-state index is 9.24. The molecule has 0 saturated carbocycles. The minimum Gasteiger partial charge on any atom is -0.387 e. The smallest absolute Gasteiger partial charge is 0.0911 e. The van der Waals surface area contributed by atoms with Crippen LogP contribution in [0.1, 0.15) is 34.1 Å². The van der Waals surface area contributed by atoms with E-state index >= 15 is 0 Å². The van der Waals surface area contributed by atoms with E-state index in [1.54, 1.807) is 0 Å². The molecule has 0 aromatic heterocycles. The lowest BCUT2D eigenvalue weighted by Gasteiger charge is -2.07. The highest BCUT2D eigenvalue weighted by atomic mass is 16.3. The Labute approximate surface area is 63.0 Å². The quantitative estimate of drug-likeness (QED) is 0.598. The Morgan fingerprint density at radius 3 is 2.30 bits per heavy atom. The van der Waals surface area contributed by atoms with Crippen LogP contribution in [-0.4, -0.2) is 23.0 Å². The van der Waals surface area contributed by atoms with E-state index in [2.05, 4.69) is 4.99 Å². The fourth-order valence-electron chi connectivity index (χ4n) is 0.789. The summed E-state index contributed by atoms with van der Waals surface area (Å²) in [6.07, 6.45) is 0.407. The van der Waals surface area contributed by atoms with Gasteiger partial charge in [0.05, 0.1) is 6.10 Å². The Bertz CT molecular complexity index is 118. The number of aliphatic imine (C=N–C) groups is 1. The Hall–Kier alpha value is -0.370. The molecule has 10 heavy (non-hydrogen) atoms. The minimum atomic E-state index is -0.345. The first-order valence-corrected chi connectivity index (χ1v) is 3.80. The third-order valence-electron chi connectivity index (χ3n) is 1.33. The number of hydrogen-bond acceptors (Lipinski definition) is 2. The Morgan fingerprint density at radius 1 is 1.50 bits per heavy atom. The molecule has 0 heterocycles. The molecule has 0 aromatic carbocycles. The highest BCUT2D eigenvalue weighted by molar-refractivity contribution is 5.86. The fourth-order valence-corrected chi connectivity index (χ4v) is 0.789. The normalized spacial score (nSPS) is 16.0. The zero-order valence-corrected chi connectivity index (χ0v) is 7.26. The second-order valence-electron chi connectivity index (χ2n) is 2.79. The number of aliphatic hydroxyl groups is 1. The number of aliphatic hydroxyl groups excluding tert-OH is 1. The molecule has 1 unspecified atom stereocenters. The van der Waals surface area contributed by atoms with Crippen molar-refractivity contribution in [1.82, 2.24) is 0 Å². The van der Waals surface area contributed by atoms with Crippen LogP contribution >= 0.6 is 0 Å². The van der Waals surface area contributed by atoms with Crippen molar-refractivity contribution in [2.75, 3.05) is 0 Å². The number of rotatable bonds is 3. The topological polar surface area (TPSA) is 32.6 Å². The molecule has 0 saturated heterocycles. The van der Waals surface area contributed by atoms with Crippen molar-refractivity contribution in [3.8, 4) is 0 Å². The van der Waals surface area contributed by atoms with E-state index in [1.165, 1.54) is 0 Å². The van der Waals surface area contributed by atoms with E-state index in [4.69, 9.17) is 0 Å². The first-order valence-electron chi connectivity index (χ1n) is 3.80. The van der Waals surface area contributed by atoms with Crippen LogP contribution in [0.4, 0.5) is 0 Å². The molecule has 1 atom stereocenters. The molecule has 2 heteroatoms. The second-order valence-corrected chi connectivity index (χ2v) is 2.79. The van der Waals surface area contributed by atoms with Gasteiger partial charge in [0, 0.05) is 11.8 Å². The van der Waals surface area contributed by atoms with E-state index in [0.29, 0.717) is 6.04 Å². The van der Waals surface area contributed by atoms with Gasteiger partial charge < -0.3 is 5.11 Å². The van der Waals surface area contributed by atoms with Crippen LogP contribution in [0.2, 0.25) is 0 Å². The van der Waals surface area contributed by atoms with Gasteiger partial charge in [-0.15, -0.1) is 0 Å². The van der Waals surface area contributed by atoms with Gasteiger partial charge >= 0.3 is 0 Å². The molecule has 0 rings (SSSR count). The Kier molecular flexibility index (Phi) is 4.28. The van der Waals surface area contributed by atoms with Gasteiger partial charge in [-0.25, -0.2) is 0 Å². The van der Waals surface area contributed by atoms with Gasteiger partial charge in [-0.05, 0) is 27.2 Å². The minimum absolute atomic E-state index is 0.293. The van der Waals surface area contributed by atoms with Crippen LogP contribution in [-0.2, 0) is 0 Å². The molecule has 0 aliphatic carbocycles. The van der Waals surface area contributed by atoms with Crippen molar-refractivity contribution >= 4 is 5.71 Å². The molecule has 2 nitrogen and oxygen atoms in total. The highest BCUT2D eigenvalue weighted by Gasteiger charge is 2.03. The summed E-state index contributed by atoms with van der Waals surface area (Å²) in [5, 5.41) is 9.24. The standard InChI is InChI=1S/C8H17NO/c1-5-8(10)7(4)9-6(2)3/h6,8,10H,5H2,1-4H3. The second kappa shape index (κ2) is 4.45. The highest BCUT2D eigenvalue weighted by Crippen LogP contribution is 1.96. The maximum atomic E-state index is 9.24. The van der Waals surface area contributed by atoms with Gasteiger partial charge in [0.1, 0.15) is 0 Å². The molecule has 60 valence electrons. The average molecular weight is 143 g/mol. The molecule has 0 radical (unpaired) electrons. The van der Waals surface area contributed by atoms with Crippen LogP contribution in [0.15, 0.2) is 4.99 Å². The monoisotopic (exact) mass is 143 g/mol. The van der Waals surface area contributed by atoms with Crippen LogP contribution in [0.5, 0.6) is 0 Å². The summed E-state index contributed by atoms with van der Waals surface area (Å²) in [5.41, 5.74) is 0.845.